The molecular weight excluding hydrogens is 378 g/mol. The average molecular weight is 395 g/mol. The first kappa shape index (κ1) is 19.8. The smallest absolute Gasteiger partial charge is 0.416 e. The fourth-order valence-corrected chi connectivity index (χ4v) is 2.58. The molecule has 2 aromatic rings. The number of carbonyl (C=O) groups is 1. The van der Waals surface area contributed by atoms with Gasteiger partial charge in [0.2, 0.25) is 5.88 Å². The molecule has 0 atom stereocenters. The molecule has 0 spiro atoms. The van der Waals surface area contributed by atoms with E-state index in [0.29, 0.717) is 12.5 Å². The van der Waals surface area contributed by atoms with Crippen LogP contribution in [-0.2, 0) is 6.18 Å². The fourth-order valence-electron chi connectivity index (χ4n) is 2.58. The van der Waals surface area contributed by atoms with Gasteiger partial charge in [0, 0.05) is 25.6 Å². The third-order valence-electron chi connectivity index (χ3n) is 4.11. The Bertz CT molecular complexity index is 912. The van der Waals surface area contributed by atoms with Crippen molar-refractivity contribution in [1.82, 2.24) is 9.88 Å². The molecule has 2 heterocycles. The Morgan fingerprint density at radius 3 is 2.68 bits per heavy atom. The van der Waals surface area contributed by atoms with Crippen LogP contribution < -0.4 is 10.1 Å². The van der Waals surface area contributed by atoms with Crippen LogP contribution in [0, 0.1) is 5.82 Å². The van der Waals surface area contributed by atoms with Crippen molar-refractivity contribution >= 4 is 11.7 Å². The molecule has 0 saturated heterocycles. The van der Waals surface area contributed by atoms with Gasteiger partial charge in [0.25, 0.3) is 5.91 Å². The molecule has 28 heavy (non-hydrogen) atoms. The number of alkyl halides is 3. The van der Waals surface area contributed by atoms with Crippen LogP contribution in [0.2, 0.25) is 0 Å². The topological polar surface area (TPSA) is 54.5 Å². The van der Waals surface area contributed by atoms with E-state index in [1.807, 2.05) is 13.1 Å². The first-order valence-electron chi connectivity index (χ1n) is 8.43. The van der Waals surface area contributed by atoms with Crippen molar-refractivity contribution in [2.75, 3.05) is 25.5 Å². The number of nitrogens with zero attached hydrogens (tertiary/aromatic N) is 2. The molecule has 9 heteroatoms. The van der Waals surface area contributed by atoms with Gasteiger partial charge in [-0.1, -0.05) is 6.07 Å². The zero-order valence-corrected chi connectivity index (χ0v) is 14.9. The second-order valence-corrected chi connectivity index (χ2v) is 6.29. The predicted octanol–water partition coefficient (Wildman–Crippen LogP) is 4.09. The number of halogens is 4. The number of nitrogens with one attached hydrogen (secondary N) is 1. The Kier molecular flexibility index (Phi) is 5.64. The predicted molar refractivity (Wildman–Crippen MR) is 94.4 cm³/mol. The lowest BCUT2D eigenvalue weighted by Crippen LogP contribution is -2.25. The summed E-state index contributed by atoms with van der Waals surface area (Å²) in [5.41, 5.74) is -1.68. The number of ether oxygens (including phenoxy) is 1. The quantitative estimate of drug-likeness (QED) is 0.793. The Labute approximate surface area is 158 Å². The molecule has 5 nitrogen and oxygen atoms in total. The van der Waals surface area contributed by atoms with Crippen molar-refractivity contribution in [3.05, 3.63) is 65.2 Å². The van der Waals surface area contributed by atoms with Crippen molar-refractivity contribution in [3.8, 4) is 5.88 Å². The Balaban J connectivity index is 1.71. The summed E-state index contributed by atoms with van der Waals surface area (Å²) in [6.07, 6.45) is -2.05. The summed E-state index contributed by atoms with van der Waals surface area (Å²) < 4.78 is 57.4. The number of aromatic nitrogens is 1. The molecule has 0 bridgehead atoms. The van der Waals surface area contributed by atoms with Gasteiger partial charge in [0.05, 0.1) is 11.1 Å². The van der Waals surface area contributed by atoms with Crippen LogP contribution in [0.3, 0.4) is 0 Å². The van der Waals surface area contributed by atoms with Gasteiger partial charge >= 0.3 is 6.18 Å². The number of likely N-dealkylation sites (N-methyl/N-ethyl adjacent to an activating group) is 1. The Hall–Kier alpha value is -2.94. The third kappa shape index (κ3) is 4.86. The number of pyridine rings is 1. The maximum atomic E-state index is 13.9. The van der Waals surface area contributed by atoms with E-state index in [0.717, 1.165) is 24.9 Å². The first-order valence-corrected chi connectivity index (χ1v) is 8.43. The maximum Gasteiger partial charge on any atom is 0.416 e. The van der Waals surface area contributed by atoms with E-state index in [4.69, 9.17) is 4.74 Å². The summed E-state index contributed by atoms with van der Waals surface area (Å²) in [4.78, 5) is 18.5. The number of rotatable bonds is 4. The van der Waals surface area contributed by atoms with E-state index in [-0.39, 0.29) is 17.8 Å². The lowest BCUT2D eigenvalue weighted by molar-refractivity contribution is -0.137. The van der Waals surface area contributed by atoms with E-state index in [1.165, 1.54) is 6.07 Å². The van der Waals surface area contributed by atoms with E-state index < -0.39 is 29.0 Å². The standard InChI is InChI=1S/C19H17F4N3O2/c1-26-9-7-13(8-10-26)28-17-4-2-3-16(24-17)25-18(27)14-6-5-12(11-15(14)20)19(21,22)23/h2-7,11H,8-10H2,1H3,(H,24,25,27). The molecular formula is C19H17F4N3O2. The largest absolute Gasteiger partial charge is 0.444 e. The molecule has 0 saturated carbocycles. The summed E-state index contributed by atoms with van der Waals surface area (Å²) in [7, 11) is 1.99. The van der Waals surface area contributed by atoms with Crippen LogP contribution in [0.15, 0.2) is 48.2 Å². The molecule has 0 radical (unpaired) electrons. The number of anilines is 1. The van der Waals surface area contributed by atoms with Crippen molar-refractivity contribution in [1.29, 1.82) is 0 Å². The van der Waals surface area contributed by atoms with E-state index >= 15 is 0 Å². The minimum absolute atomic E-state index is 0.0929. The SMILES string of the molecule is CN1CC=C(Oc2cccc(NC(=O)c3ccc(C(F)(F)F)cc3F)n2)CC1. The lowest BCUT2D eigenvalue weighted by atomic mass is 10.1. The van der Waals surface area contributed by atoms with Gasteiger partial charge in [0.15, 0.2) is 0 Å². The van der Waals surface area contributed by atoms with Gasteiger partial charge in [-0.05, 0) is 37.4 Å². The molecule has 1 aliphatic rings. The summed E-state index contributed by atoms with van der Waals surface area (Å²) in [5, 5.41) is 2.36. The van der Waals surface area contributed by atoms with Crippen molar-refractivity contribution in [2.24, 2.45) is 0 Å². The number of amides is 1. The van der Waals surface area contributed by atoms with Gasteiger partial charge in [-0.2, -0.15) is 18.2 Å². The second kappa shape index (κ2) is 7.97. The fraction of sp³-hybridized carbons (Fsp3) is 0.263. The molecule has 3 rings (SSSR count). The van der Waals surface area contributed by atoms with E-state index in [1.54, 1.807) is 12.1 Å². The van der Waals surface area contributed by atoms with Gasteiger partial charge < -0.3 is 15.0 Å². The zero-order chi connectivity index (χ0) is 20.3. The molecule has 1 aliphatic heterocycles. The Morgan fingerprint density at radius 1 is 1.25 bits per heavy atom. The number of hydrogen-bond acceptors (Lipinski definition) is 4. The van der Waals surface area contributed by atoms with Crippen molar-refractivity contribution < 1.29 is 27.1 Å². The normalized spacial score (nSPS) is 15.1. The molecule has 1 N–H and O–H groups in total. The molecule has 0 aliphatic carbocycles. The van der Waals surface area contributed by atoms with Gasteiger partial charge in [-0.3, -0.25) is 4.79 Å². The van der Waals surface area contributed by atoms with Gasteiger partial charge in [0.1, 0.15) is 17.4 Å². The van der Waals surface area contributed by atoms with Crippen LogP contribution in [0.25, 0.3) is 0 Å². The minimum Gasteiger partial charge on any atom is -0.444 e. The van der Waals surface area contributed by atoms with Crippen LogP contribution in [0.1, 0.15) is 22.3 Å². The molecule has 148 valence electrons. The van der Waals surface area contributed by atoms with Gasteiger partial charge in [-0.15, -0.1) is 0 Å². The highest BCUT2D eigenvalue weighted by Crippen LogP contribution is 2.30. The highest BCUT2D eigenvalue weighted by atomic mass is 19.4. The lowest BCUT2D eigenvalue weighted by Gasteiger charge is -2.21. The maximum absolute atomic E-state index is 13.9. The highest BCUT2D eigenvalue weighted by molar-refractivity contribution is 6.04. The van der Waals surface area contributed by atoms with Crippen LogP contribution in [0.4, 0.5) is 23.4 Å². The van der Waals surface area contributed by atoms with Gasteiger partial charge in [-0.25, -0.2) is 4.39 Å². The molecule has 1 aromatic carbocycles. The second-order valence-electron chi connectivity index (χ2n) is 6.29. The number of benzene rings is 1. The van der Waals surface area contributed by atoms with Crippen molar-refractivity contribution in [2.45, 2.75) is 12.6 Å². The third-order valence-corrected chi connectivity index (χ3v) is 4.11. The zero-order valence-electron chi connectivity index (χ0n) is 14.9. The number of hydrogen-bond donors (Lipinski definition) is 1. The van der Waals surface area contributed by atoms with E-state index in [2.05, 4.69) is 15.2 Å². The summed E-state index contributed by atoms with van der Waals surface area (Å²) in [6, 6.07) is 6.39. The Morgan fingerprint density at radius 2 is 2.04 bits per heavy atom. The summed E-state index contributed by atoms with van der Waals surface area (Å²) in [6.45, 7) is 1.59. The van der Waals surface area contributed by atoms with Crippen LogP contribution in [0.5, 0.6) is 5.88 Å². The molecule has 1 amide bonds. The van der Waals surface area contributed by atoms with Crippen LogP contribution in [-0.4, -0.2) is 35.9 Å². The van der Waals surface area contributed by atoms with E-state index in [9.17, 15) is 22.4 Å². The first-order chi connectivity index (χ1) is 13.2. The monoisotopic (exact) mass is 395 g/mol. The minimum atomic E-state index is -4.69. The summed E-state index contributed by atoms with van der Waals surface area (Å²) >= 11 is 0. The number of carbonyl (C=O) groups excluding carboxylic acids is 1. The highest BCUT2D eigenvalue weighted by Gasteiger charge is 2.31. The molecule has 0 fully saturated rings. The molecule has 1 aromatic heterocycles. The average Bonchev–Trinajstić information content (AvgIpc) is 2.63. The van der Waals surface area contributed by atoms with Crippen LogP contribution >= 0.6 is 0 Å². The van der Waals surface area contributed by atoms with Crippen molar-refractivity contribution in [3.63, 3.8) is 0 Å². The molecule has 0 unspecified atom stereocenters. The summed E-state index contributed by atoms with van der Waals surface area (Å²) in [5.74, 6) is -1.08.